The molecule has 3 aromatic heterocycles. The molecule has 614 valence electrons. The Morgan fingerprint density at radius 1 is 0.438 bits per heavy atom. The number of methoxy groups -OCH3 is 3. The summed E-state index contributed by atoms with van der Waals surface area (Å²) < 4.78 is 101. The molecule has 9 rings (SSSR count). The van der Waals surface area contributed by atoms with Crippen molar-refractivity contribution in [2.24, 2.45) is 17.8 Å². The molecule has 3 fully saturated rings. The van der Waals surface area contributed by atoms with Gasteiger partial charge in [0.2, 0.25) is 59.6 Å². The Kier molecular flexibility index (Phi) is 35.9. The van der Waals surface area contributed by atoms with Crippen molar-refractivity contribution in [3.8, 4) is 17.2 Å². The largest absolute Gasteiger partial charge is 0.497 e. The fourth-order valence-corrected chi connectivity index (χ4v) is 18.2. The number of hydrogen-bond donors (Lipinski definition) is 4. The second-order valence-corrected chi connectivity index (χ2v) is 34.1. The number of ether oxygens (including phenoxy) is 4. The van der Waals surface area contributed by atoms with E-state index in [1.54, 1.807) is 127 Å². The maximum Gasteiger partial charge on any atom is 0.294 e. The van der Waals surface area contributed by atoms with E-state index in [0.717, 1.165) is 88.6 Å². The van der Waals surface area contributed by atoms with Crippen LogP contribution in [0.1, 0.15) is 71.9 Å². The van der Waals surface area contributed by atoms with E-state index in [2.05, 4.69) is 67.8 Å². The van der Waals surface area contributed by atoms with Crippen LogP contribution in [0.25, 0.3) is 0 Å². The monoisotopic (exact) mass is 1610 g/mol. The minimum Gasteiger partial charge on any atom is -0.497 e. The van der Waals surface area contributed by atoms with E-state index in [9.17, 15) is 54.0 Å². The molecule has 6 heterocycles. The number of nitrogens with zero attached hydrogens (tertiary/aromatic N) is 11. The normalized spacial score (nSPS) is 14.3. The highest BCUT2D eigenvalue weighted by Gasteiger charge is 2.32. The van der Waals surface area contributed by atoms with Gasteiger partial charge in [-0.3, -0.25) is 43.7 Å². The molecule has 3 aliphatic heterocycles. The van der Waals surface area contributed by atoms with E-state index in [1.165, 1.54) is 74.1 Å². The molecule has 0 atom stereocenters. The van der Waals surface area contributed by atoms with Gasteiger partial charge in [-0.25, -0.2) is 25.3 Å². The van der Waals surface area contributed by atoms with Crippen LogP contribution in [-0.2, 0) is 63.6 Å². The number of carbonyl (C=O) groups excluding carboxylic acids is 6. The summed E-state index contributed by atoms with van der Waals surface area (Å²) in [5.74, 6) is 1.23. The number of anilines is 3. The van der Waals surface area contributed by atoms with Crippen LogP contribution >= 0.6 is 0 Å². The summed E-state index contributed by atoms with van der Waals surface area (Å²) in [6.07, 6.45) is 17.4. The Labute approximate surface area is 661 Å². The topological polar surface area (TPSA) is 354 Å². The summed E-state index contributed by atoms with van der Waals surface area (Å²) in [4.78, 5) is 94.8. The number of nitrogens with one attached hydrogen (secondary N) is 4. The molecule has 0 spiro atoms. The number of carbonyl (C=O) groups is 6. The van der Waals surface area contributed by atoms with Gasteiger partial charge >= 0.3 is 0 Å². The lowest BCUT2D eigenvalue weighted by molar-refractivity contribution is -0.132. The van der Waals surface area contributed by atoms with Crippen LogP contribution in [0.5, 0.6) is 17.2 Å². The van der Waals surface area contributed by atoms with E-state index >= 15 is 0 Å². The number of sulfonamides is 3. The smallest absolute Gasteiger partial charge is 0.294 e. The van der Waals surface area contributed by atoms with Crippen LogP contribution in [-0.4, -0.2) is 261 Å². The molecular weight excluding hydrogens is 1500 g/mol. The van der Waals surface area contributed by atoms with Crippen molar-refractivity contribution in [3.63, 3.8) is 0 Å². The standard InChI is InChI=1S/2C26H37N5O5S.C14H20N2O6S.C12H19N3/c2*1-19-14-23(36-5)15-20(2)26(19)37(34,35)30(4)18-24(32)28-16-25(33)29(3)17-21-8-12-31(13-9-21)22-6-10-27-11-7-22;1-10-5-12(21-4)6-11(2)14(10)23(19,20)16(3)7-13(18)15-8-22-9-17;1-13-10-11-4-8-15(9-5-11)12-2-6-14-7-3-12/h2*6-7,10-11,14-15,21H,8-9,12-13,16-18H2,1-5H3,(H,28,32);5-6,9H,7-8H2,1-4H3,(H,15,18);2-3,6-7,11,13H,4-5,8-10H2,1H3. The highest BCUT2D eigenvalue weighted by molar-refractivity contribution is 7.89. The van der Waals surface area contributed by atoms with E-state index in [-0.39, 0.29) is 52.8 Å². The number of aryl methyl sites for hydroxylation is 6. The molecule has 3 saturated heterocycles. The minimum atomic E-state index is -3.90. The predicted octanol–water partition coefficient (Wildman–Crippen LogP) is 5.33. The van der Waals surface area contributed by atoms with Gasteiger partial charge < -0.3 is 64.7 Å². The van der Waals surface area contributed by atoms with Crippen LogP contribution in [0, 0.1) is 59.3 Å². The summed E-state index contributed by atoms with van der Waals surface area (Å²) in [5.41, 5.74) is 6.82. The van der Waals surface area contributed by atoms with Gasteiger partial charge in [-0.2, -0.15) is 12.9 Å². The molecule has 112 heavy (non-hydrogen) atoms. The molecule has 4 N–H and O–H groups in total. The first kappa shape index (κ1) is 91.3. The third-order valence-corrected chi connectivity index (χ3v) is 26.1. The average Bonchev–Trinajstić information content (AvgIpc) is 0.792. The first-order valence-electron chi connectivity index (χ1n) is 37.0. The molecule has 5 amide bonds. The van der Waals surface area contributed by atoms with Crippen molar-refractivity contribution in [1.82, 2.24) is 58.9 Å². The first-order valence-corrected chi connectivity index (χ1v) is 41.3. The van der Waals surface area contributed by atoms with Crippen molar-refractivity contribution in [3.05, 3.63) is 143 Å². The van der Waals surface area contributed by atoms with Gasteiger partial charge in [0.1, 0.15) is 17.2 Å². The third kappa shape index (κ3) is 26.8. The number of aromatic nitrogens is 3. The Balaban J connectivity index is 0.000000245. The van der Waals surface area contributed by atoms with Gasteiger partial charge in [0.15, 0.2) is 6.73 Å². The van der Waals surface area contributed by atoms with E-state index < -0.39 is 67.4 Å². The first-order chi connectivity index (χ1) is 53.2. The number of hydrogen-bond acceptors (Lipinski definition) is 23. The van der Waals surface area contributed by atoms with Crippen molar-refractivity contribution < 1.29 is 73.0 Å². The van der Waals surface area contributed by atoms with Crippen LogP contribution < -0.4 is 50.2 Å². The van der Waals surface area contributed by atoms with E-state index in [4.69, 9.17) is 14.2 Å². The zero-order chi connectivity index (χ0) is 82.5. The number of piperidine rings is 3. The number of likely N-dealkylation sites (N-methyl/N-ethyl adjacent to an activating group) is 5. The molecule has 0 saturated carbocycles. The average molecular weight is 1610 g/mol. The summed E-state index contributed by atoms with van der Waals surface area (Å²) in [5, 5.41) is 10.7. The van der Waals surface area contributed by atoms with Crippen LogP contribution in [0.2, 0.25) is 0 Å². The maximum absolute atomic E-state index is 13.1. The number of benzene rings is 3. The maximum atomic E-state index is 13.1. The van der Waals surface area contributed by atoms with Gasteiger partial charge in [-0.05, 0) is 218 Å². The van der Waals surface area contributed by atoms with Crippen LogP contribution in [0.15, 0.2) is 125 Å². The highest BCUT2D eigenvalue weighted by Crippen LogP contribution is 2.32. The minimum absolute atomic E-state index is 0.137. The fraction of sp³-hybridized carbons (Fsp3) is 0.500. The number of pyridine rings is 3. The zero-order valence-electron chi connectivity index (χ0n) is 67.2. The highest BCUT2D eigenvalue weighted by atomic mass is 32.2. The summed E-state index contributed by atoms with van der Waals surface area (Å²) >= 11 is 0. The van der Waals surface area contributed by atoms with Gasteiger partial charge in [0, 0.05) is 142 Å². The zero-order valence-corrected chi connectivity index (χ0v) is 69.7. The Bertz CT molecular complexity index is 4160. The van der Waals surface area contributed by atoms with Crippen molar-refractivity contribution in [2.75, 3.05) is 177 Å². The van der Waals surface area contributed by atoms with Gasteiger partial charge in [-0.15, -0.1) is 0 Å². The van der Waals surface area contributed by atoms with Crippen LogP contribution in [0.3, 0.4) is 0 Å². The second-order valence-electron chi connectivity index (χ2n) is 28.1. The van der Waals surface area contributed by atoms with Gasteiger partial charge in [-0.1, -0.05) is 0 Å². The van der Waals surface area contributed by atoms with E-state index in [0.29, 0.717) is 75.6 Å². The quantitative estimate of drug-likeness (QED) is 0.0242. The lowest BCUT2D eigenvalue weighted by atomic mass is 9.96. The molecule has 3 aromatic carbocycles. The Morgan fingerprint density at radius 2 is 0.696 bits per heavy atom. The Hall–Kier alpha value is -9.58. The molecule has 0 unspecified atom stereocenters. The fourth-order valence-electron chi connectivity index (χ4n) is 13.7. The molecule has 6 aromatic rings. The van der Waals surface area contributed by atoms with Gasteiger partial charge in [0.25, 0.3) is 6.47 Å². The summed E-state index contributed by atoms with van der Waals surface area (Å²) in [6, 6.07) is 22.0. The molecular formula is C78H113N15O16S3. The van der Waals surface area contributed by atoms with E-state index in [1.807, 2.05) is 43.7 Å². The lowest BCUT2D eigenvalue weighted by Crippen LogP contribution is -2.45. The molecule has 0 bridgehead atoms. The molecule has 31 nitrogen and oxygen atoms in total. The van der Waals surface area contributed by atoms with Gasteiger partial charge in [0.05, 0.1) is 68.7 Å². The van der Waals surface area contributed by atoms with Crippen molar-refractivity contribution in [1.29, 1.82) is 0 Å². The molecule has 34 heteroatoms. The SMILES string of the molecule is CNCC1CCN(c2ccncc2)CC1.COc1cc(C)c(S(=O)(=O)N(C)CC(=O)NCC(=O)N(C)CC2CCN(c3ccncc3)CC2)c(C)c1.COc1cc(C)c(S(=O)(=O)N(C)CC(=O)NCC(=O)N(C)CC2CCN(c3ccncc3)CC2)c(C)c1.COc1cc(C)c(S(=O)(=O)N(C)CC(=O)NCOC=O)c(C)c1. The molecule has 0 aliphatic carbocycles. The summed E-state index contributed by atoms with van der Waals surface area (Å²) in [6.45, 7) is 16.8. The van der Waals surface area contributed by atoms with Crippen molar-refractivity contribution in [2.45, 2.75) is 94.8 Å². The predicted molar refractivity (Wildman–Crippen MR) is 430 cm³/mol. The molecule has 0 radical (unpaired) electrons. The molecule has 3 aliphatic rings. The van der Waals surface area contributed by atoms with Crippen molar-refractivity contribution >= 4 is 83.1 Å². The van der Waals surface area contributed by atoms with Crippen LogP contribution in [0.4, 0.5) is 17.1 Å². The summed E-state index contributed by atoms with van der Waals surface area (Å²) in [7, 11) is 2.39. The Morgan fingerprint density at radius 3 is 0.946 bits per heavy atom. The number of rotatable bonds is 31. The lowest BCUT2D eigenvalue weighted by Gasteiger charge is -2.35. The second kappa shape index (κ2) is 44.0. The number of amides is 5. The third-order valence-electron chi connectivity index (χ3n) is 19.7.